The van der Waals surface area contributed by atoms with E-state index in [4.69, 9.17) is 4.74 Å². The smallest absolute Gasteiger partial charge is 0.348 e. The van der Waals surface area contributed by atoms with Gasteiger partial charge in [-0.2, -0.15) is 0 Å². The van der Waals surface area contributed by atoms with E-state index < -0.39 is 0 Å². The molecule has 1 aromatic heterocycles. The lowest BCUT2D eigenvalue weighted by molar-refractivity contribution is 0.0531. The van der Waals surface area contributed by atoms with E-state index in [0.29, 0.717) is 12.5 Å². The second-order valence-corrected chi connectivity index (χ2v) is 6.27. The third-order valence-corrected chi connectivity index (χ3v) is 4.17. The Morgan fingerprint density at radius 1 is 1.56 bits per heavy atom. The van der Waals surface area contributed by atoms with Crippen LogP contribution in [0.15, 0.2) is 9.85 Å². The van der Waals surface area contributed by atoms with Crippen molar-refractivity contribution < 1.29 is 9.53 Å². The first-order chi connectivity index (χ1) is 7.58. The molecule has 0 aliphatic heterocycles. The lowest BCUT2D eigenvalue weighted by atomic mass is 9.99. The third kappa shape index (κ3) is 3.59. The standard InChI is InChI=1S/C12H17BrO2S/c1-4-8(3)6-9-7-10(13)16-11(9)12(14)15-5-2/h7-8H,4-6H2,1-3H3. The largest absolute Gasteiger partial charge is 0.462 e. The summed E-state index contributed by atoms with van der Waals surface area (Å²) in [5.74, 6) is 0.395. The molecule has 0 bridgehead atoms. The first kappa shape index (κ1) is 13.7. The average Bonchev–Trinajstić information content (AvgIpc) is 2.59. The maximum absolute atomic E-state index is 11.7. The third-order valence-electron chi connectivity index (χ3n) is 2.51. The summed E-state index contributed by atoms with van der Waals surface area (Å²) >= 11 is 4.88. The Morgan fingerprint density at radius 2 is 2.25 bits per heavy atom. The minimum Gasteiger partial charge on any atom is -0.462 e. The van der Waals surface area contributed by atoms with Gasteiger partial charge in [0, 0.05) is 0 Å². The zero-order valence-corrected chi connectivity index (χ0v) is 12.3. The summed E-state index contributed by atoms with van der Waals surface area (Å²) in [4.78, 5) is 12.5. The lowest BCUT2D eigenvalue weighted by Crippen LogP contribution is -2.07. The van der Waals surface area contributed by atoms with Gasteiger partial charge in [-0.15, -0.1) is 11.3 Å². The Balaban J connectivity index is 2.86. The molecule has 4 heteroatoms. The van der Waals surface area contributed by atoms with Crippen LogP contribution in [0.3, 0.4) is 0 Å². The summed E-state index contributed by atoms with van der Waals surface area (Å²) in [7, 11) is 0. The van der Waals surface area contributed by atoms with Crippen LogP contribution in [0.1, 0.15) is 42.4 Å². The SMILES string of the molecule is CCOC(=O)c1sc(Br)cc1CC(C)CC. The molecule has 0 aliphatic rings. The predicted molar refractivity (Wildman–Crippen MR) is 71.1 cm³/mol. The molecule has 0 aliphatic carbocycles. The Labute approximate surface area is 109 Å². The van der Waals surface area contributed by atoms with Crippen molar-refractivity contribution in [2.24, 2.45) is 5.92 Å². The molecule has 0 saturated carbocycles. The summed E-state index contributed by atoms with van der Waals surface area (Å²) < 4.78 is 6.04. The van der Waals surface area contributed by atoms with E-state index in [9.17, 15) is 4.79 Å². The molecule has 0 fully saturated rings. The number of rotatable bonds is 5. The molecule has 0 aromatic carbocycles. The fourth-order valence-corrected chi connectivity index (χ4v) is 3.01. The molecular formula is C12H17BrO2S. The normalized spacial score (nSPS) is 12.5. The topological polar surface area (TPSA) is 26.3 Å². The molecule has 0 N–H and O–H groups in total. The predicted octanol–water partition coefficient (Wildman–Crippen LogP) is 4.28. The van der Waals surface area contributed by atoms with Gasteiger partial charge in [0.15, 0.2) is 0 Å². The maximum atomic E-state index is 11.7. The number of thiophene rings is 1. The van der Waals surface area contributed by atoms with Crippen molar-refractivity contribution in [3.05, 3.63) is 20.3 Å². The highest BCUT2D eigenvalue weighted by Gasteiger charge is 2.17. The summed E-state index contributed by atoms with van der Waals surface area (Å²) in [6.45, 7) is 6.61. The van der Waals surface area contributed by atoms with Crippen molar-refractivity contribution in [1.29, 1.82) is 0 Å². The highest BCUT2D eigenvalue weighted by Crippen LogP contribution is 2.30. The van der Waals surface area contributed by atoms with Gasteiger partial charge in [0.05, 0.1) is 10.4 Å². The summed E-state index contributed by atoms with van der Waals surface area (Å²) in [6.07, 6.45) is 2.06. The molecule has 0 saturated heterocycles. The van der Waals surface area contributed by atoms with Crippen LogP contribution >= 0.6 is 27.3 Å². The summed E-state index contributed by atoms with van der Waals surface area (Å²) in [5.41, 5.74) is 1.10. The second kappa shape index (κ2) is 6.40. The minimum atomic E-state index is -0.198. The molecule has 0 amide bonds. The minimum absolute atomic E-state index is 0.198. The quantitative estimate of drug-likeness (QED) is 0.759. The Kier molecular flexibility index (Phi) is 5.49. The van der Waals surface area contributed by atoms with Crippen molar-refractivity contribution in [1.82, 2.24) is 0 Å². The number of hydrogen-bond donors (Lipinski definition) is 0. The molecule has 1 rings (SSSR count). The zero-order chi connectivity index (χ0) is 12.1. The van der Waals surface area contributed by atoms with Crippen LogP contribution in [-0.4, -0.2) is 12.6 Å². The van der Waals surface area contributed by atoms with Gasteiger partial charge in [-0.1, -0.05) is 20.3 Å². The van der Waals surface area contributed by atoms with Crippen molar-refractivity contribution in [2.75, 3.05) is 6.61 Å². The molecule has 0 spiro atoms. The number of carbonyl (C=O) groups excluding carboxylic acids is 1. The lowest BCUT2D eigenvalue weighted by Gasteiger charge is -2.08. The van der Waals surface area contributed by atoms with E-state index in [1.165, 1.54) is 11.3 Å². The molecule has 1 heterocycles. The molecule has 90 valence electrons. The zero-order valence-electron chi connectivity index (χ0n) is 9.88. The van der Waals surface area contributed by atoms with E-state index >= 15 is 0 Å². The number of carbonyl (C=O) groups is 1. The van der Waals surface area contributed by atoms with Gasteiger partial charge < -0.3 is 4.74 Å². The monoisotopic (exact) mass is 304 g/mol. The Bertz CT molecular complexity index is 360. The van der Waals surface area contributed by atoms with E-state index in [1.54, 1.807) is 0 Å². The van der Waals surface area contributed by atoms with Crippen LogP contribution in [0, 0.1) is 5.92 Å². The second-order valence-electron chi connectivity index (χ2n) is 3.84. The van der Waals surface area contributed by atoms with Gasteiger partial charge in [0.1, 0.15) is 4.88 Å². The molecule has 1 unspecified atom stereocenters. The van der Waals surface area contributed by atoms with Crippen molar-refractivity contribution >= 4 is 33.2 Å². The number of ether oxygens (including phenoxy) is 1. The maximum Gasteiger partial charge on any atom is 0.348 e. The first-order valence-electron chi connectivity index (χ1n) is 5.53. The van der Waals surface area contributed by atoms with Crippen LogP contribution in [0.4, 0.5) is 0 Å². The van der Waals surface area contributed by atoms with Gasteiger partial charge in [-0.3, -0.25) is 0 Å². The van der Waals surface area contributed by atoms with E-state index in [1.807, 2.05) is 13.0 Å². The number of halogens is 1. The van der Waals surface area contributed by atoms with Crippen molar-refractivity contribution in [3.63, 3.8) is 0 Å². The fraction of sp³-hybridized carbons (Fsp3) is 0.583. The Morgan fingerprint density at radius 3 is 2.81 bits per heavy atom. The molecular weight excluding hydrogens is 288 g/mol. The van der Waals surface area contributed by atoms with Gasteiger partial charge in [-0.05, 0) is 46.8 Å². The molecule has 2 nitrogen and oxygen atoms in total. The number of esters is 1. The molecule has 0 radical (unpaired) electrons. The van der Waals surface area contributed by atoms with Crippen molar-refractivity contribution in [2.45, 2.75) is 33.6 Å². The van der Waals surface area contributed by atoms with Crippen LogP contribution in [0.25, 0.3) is 0 Å². The van der Waals surface area contributed by atoms with Crippen molar-refractivity contribution in [3.8, 4) is 0 Å². The Hall–Kier alpha value is -0.350. The van der Waals surface area contributed by atoms with Crippen LogP contribution < -0.4 is 0 Å². The average molecular weight is 305 g/mol. The summed E-state index contributed by atoms with van der Waals surface area (Å²) in [6, 6.07) is 2.03. The van der Waals surface area contributed by atoms with Crippen LogP contribution in [0.5, 0.6) is 0 Å². The van der Waals surface area contributed by atoms with E-state index in [-0.39, 0.29) is 5.97 Å². The highest BCUT2D eigenvalue weighted by atomic mass is 79.9. The number of hydrogen-bond acceptors (Lipinski definition) is 3. The molecule has 16 heavy (non-hydrogen) atoms. The van der Waals surface area contributed by atoms with Gasteiger partial charge >= 0.3 is 5.97 Å². The van der Waals surface area contributed by atoms with Crippen LogP contribution in [-0.2, 0) is 11.2 Å². The molecule has 1 aromatic rings. The van der Waals surface area contributed by atoms with Gasteiger partial charge in [0.2, 0.25) is 0 Å². The van der Waals surface area contributed by atoms with E-state index in [2.05, 4.69) is 29.8 Å². The summed E-state index contributed by atoms with van der Waals surface area (Å²) in [5, 5.41) is 0. The van der Waals surface area contributed by atoms with Gasteiger partial charge in [0.25, 0.3) is 0 Å². The van der Waals surface area contributed by atoms with E-state index in [0.717, 1.165) is 27.1 Å². The highest BCUT2D eigenvalue weighted by molar-refractivity contribution is 9.11. The first-order valence-corrected chi connectivity index (χ1v) is 7.14. The van der Waals surface area contributed by atoms with Crippen LogP contribution in [0.2, 0.25) is 0 Å². The van der Waals surface area contributed by atoms with Gasteiger partial charge in [-0.25, -0.2) is 4.79 Å². The molecule has 1 atom stereocenters. The fourth-order valence-electron chi connectivity index (χ4n) is 1.44.